The van der Waals surface area contributed by atoms with Crippen LogP contribution in [0.25, 0.3) is 22.4 Å². The van der Waals surface area contributed by atoms with E-state index in [0.29, 0.717) is 31.2 Å². The van der Waals surface area contributed by atoms with Gasteiger partial charge in [-0.15, -0.1) is 0 Å². The lowest BCUT2D eigenvalue weighted by molar-refractivity contribution is -0.128. The van der Waals surface area contributed by atoms with Crippen molar-refractivity contribution in [1.29, 1.82) is 0 Å². The average molecular weight is 386 g/mol. The summed E-state index contributed by atoms with van der Waals surface area (Å²) < 4.78 is 5.55. The van der Waals surface area contributed by atoms with Crippen molar-refractivity contribution in [2.75, 3.05) is 6.54 Å². The minimum Gasteiger partial charge on any atom is -0.361 e. The molecule has 6 heteroatoms. The molecule has 1 saturated heterocycles. The lowest BCUT2D eigenvalue weighted by Gasteiger charge is -2.16. The number of aryl methyl sites for hydroxylation is 1. The highest BCUT2D eigenvalue weighted by Crippen LogP contribution is 2.31. The number of carbonyl (C=O) groups is 1. The van der Waals surface area contributed by atoms with Gasteiger partial charge in [0.05, 0.1) is 0 Å². The van der Waals surface area contributed by atoms with Gasteiger partial charge in [-0.1, -0.05) is 42.4 Å². The molecule has 1 atom stereocenters. The molecule has 1 unspecified atom stereocenters. The summed E-state index contributed by atoms with van der Waals surface area (Å²) in [5, 5.41) is 5.23. The van der Waals surface area contributed by atoms with E-state index in [-0.39, 0.29) is 11.8 Å². The summed E-state index contributed by atoms with van der Waals surface area (Å²) in [5.41, 5.74) is 4.37. The number of aromatic nitrogens is 3. The predicted molar refractivity (Wildman–Crippen MR) is 110 cm³/mol. The minimum atomic E-state index is -0.0413. The molecule has 4 aromatic rings. The van der Waals surface area contributed by atoms with Gasteiger partial charge in [-0.25, -0.2) is 0 Å². The SMILES string of the molecule is CCc1ccc(CN2CC(c3noc(-c4cccc5[nH]ccc45)n3)CC2=O)cc1. The summed E-state index contributed by atoms with van der Waals surface area (Å²) in [6.45, 7) is 3.37. The second kappa shape index (κ2) is 7.20. The molecule has 1 N–H and O–H groups in total. The van der Waals surface area contributed by atoms with Gasteiger partial charge in [0.25, 0.3) is 5.89 Å². The Morgan fingerprint density at radius 3 is 2.79 bits per heavy atom. The van der Waals surface area contributed by atoms with E-state index in [9.17, 15) is 4.79 Å². The number of nitrogens with zero attached hydrogens (tertiary/aromatic N) is 3. The number of hydrogen-bond donors (Lipinski definition) is 1. The first kappa shape index (κ1) is 17.7. The van der Waals surface area contributed by atoms with Gasteiger partial charge in [0.1, 0.15) is 0 Å². The second-order valence-electron chi connectivity index (χ2n) is 7.55. The average Bonchev–Trinajstić information content (AvgIpc) is 3.48. The number of fused-ring (bicyclic) bond motifs is 1. The van der Waals surface area contributed by atoms with E-state index in [1.165, 1.54) is 5.56 Å². The maximum absolute atomic E-state index is 12.5. The summed E-state index contributed by atoms with van der Waals surface area (Å²) in [6, 6.07) is 16.4. The largest absolute Gasteiger partial charge is 0.361 e. The molecule has 0 bridgehead atoms. The first-order chi connectivity index (χ1) is 14.2. The van der Waals surface area contributed by atoms with Crippen LogP contribution in [0.15, 0.2) is 59.3 Å². The van der Waals surface area contributed by atoms with Crippen LogP contribution in [0.2, 0.25) is 0 Å². The van der Waals surface area contributed by atoms with Gasteiger partial charge < -0.3 is 14.4 Å². The topological polar surface area (TPSA) is 75.0 Å². The predicted octanol–water partition coefficient (Wildman–Crippen LogP) is 4.30. The quantitative estimate of drug-likeness (QED) is 0.555. The van der Waals surface area contributed by atoms with E-state index in [0.717, 1.165) is 28.5 Å². The number of benzene rings is 2. The Morgan fingerprint density at radius 1 is 1.14 bits per heavy atom. The van der Waals surface area contributed by atoms with Crippen molar-refractivity contribution in [3.05, 3.63) is 71.7 Å². The molecule has 1 fully saturated rings. The van der Waals surface area contributed by atoms with Crippen LogP contribution in [-0.4, -0.2) is 32.5 Å². The van der Waals surface area contributed by atoms with Gasteiger partial charge >= 0.3 is 0 Å². The van der Waals surface area contributed by atoms with Crippen molar-refractivity contribution < 1.29 is 9.32 Å². The Bertz CT molecular complexity index is 1160. The number of amides is 1. The van der Waals surface area contributed by atoms with E-state index in [1.807, 2.05) is 35.4 Å². The first-order valence-corrected chi connectivity index (χ1v) is 9.97. The third-order valence-corrected chi connectivity index (χ3v) is 5.65. The summed E-state index contributed by atoms with van der Waals surface area (Å²) in [6.07, 6.45) is 3.33. The van der Waals surface area contributed by atoms with Crippen molar-refractivity contribution in [1.82, 2.24) is 20.0 Å². The highest BCUT2D eigenvalue weighted by Gasteiger charge is 2.33. The Hall–Kier alpha value is -3.41. The van der Waals surface area contributed by atoms with Crippen LogP contribution in [0.3, 0.4) is 0 Å². The fourth-order valence-electron chi connectivity index (χ4n) is 3.98. The van der Waals surface area contributed by atoms with E-state index in [4.69, 9.17) is 4.52 Å². The molecule has 0 aliphatic carbocycles. The molecule has 2 aromatic carbocycles. The zero-order valence-electron chi connectivity index (χ0n) is 16.3. The number of hydrogen-bond acceptors (Lipinski definition) is 4. The number of likely N-dealkylation sites (tertiary alicyclic amines) is 1. The molecule has 5 rings (SSSR count). The van der Waals surface area contributed by atoms with Crippen molar-refractivity contribution in [3.8, 4) is 11.5 Å². The molecule has 0 spiro atoms. The molecular formula is C23H22N4O2. The zero-order valence-corrected chi connectivity index (χ0v) is 16.3. The highest BCUT2D eigenvalue weighted by atomic mass is 16.5. The van der Waals surface area contributed by atoms with Crippen molar-refractivity contribution >= 4 is 16.8 Å². The zero-order chi connectivity index (χ0) is 19.8. The molecule has 3 heterocycles. The van der Waals surface area contributed by atoms with Crippen LogP contribution in [-0.2, 0) is 17.8 Å². The van der Waals surface area contributed by atoms with Gasteiger partial charge in [-0.2, -0.15) is 4.98 Å². The maximum Gasteiger partial charge on any atom is 0.258 e. The number of rotatable bonds is 5. The molecule has 0 radical (unpaired) electrons. The molecule has 0 saturated carbocycles. The van der Waals surface area contributed by atoms with Gasteiger partial charge in [0.2, 0.25) is 5.91 Å². The van der Waals surface area contributed by atoms with Crippen LogP contribution < -0.4 is 0 Å². The first-order valence-electron chi connectivity index (χ1n) is 9.97. The molecule has 1 amide bonds. The van der Waals surface area contributed by atoms with Crippen molar-refractivity contribution in [2.24, 2.45) is 0 Å². The minimum absolute atomic E-state index is 0.0413. The van der Waals surface area contributed by atoms with Gasteiger partial charge in [-0.3, -0.25) is 4.79 Å². The highest BCUT2D eigenvalue weighted by molar-refractivity contribution is 5.92. The van der Waals surface area contributed by atoms with Crippen LogP contribution in [0.5, 0.6) is 0 Å². The number of aromatic amines is 1. The number of H-pyrrole nitrogens is 1. The van der Waals surface area contributed by atoms with E-state index in [2.05, 4.69) is 46.3 Å². The third kappa shape index (κ3) is 3.31. The maximum atomic E-state index is 12.5. The fraction of sp³-hybridized carbons (Fsp3) is 0.261. The van der Waals surface area contributed by atoms with E-state index >= 15 is 0 Å². The van der Waals surface area contributed by atoms with E-state index < -0.39 is 0 Å². The fourth-order valence-corrected chi connectivity index (χ4v) is 3.98. The number of carbonyl (C=O) groups excluding carboxylic acids is 1. The van der Waals surface area contributed by atoms with Gasteiger partial charge in [0, 0.05) is 48.1 Å². The van der Waals surface area contributed by atoms with E-state index in [1.54, 1.807) is 0 Å². The summed E-state index contributed by atoms with van der Waals surface area (Å²) in [7, 11) is 0. The third-order valence-electron chi connectivity index (χ3n) is 5.65. The molecule has 2 aromatic heterocycles. The monoisotopic (exact) mass is 386 g/mol. The summed E-state index contributed by atoms with van der Waals surface area (Å²) in [4.78, 5) is 22.2. The van der Waals surface area contributed by atoms with Crippen LogP contribution >= 0.6 is 0 Å². The Morgan fingerprint density at radius 2 is 1.97 bits per heavy atom. The van der Waals surface area contributed by atoms with Crippen LogP contribution in [0, 0.1) is 0 Å². The van der Waals surface area contributed by atoms with Gasteiger partial charge in [-0.05, 0) is 35.7 Å². The van der Waals surface area contributed by atoms with Gasteiger partial charge in [0.15, 0.2) is 5.82 Å². The molecule has 6 nitrogen and oxygen atoms in total. The lowest BCUT2D eigenvalue weighted by atomic mass is 10.1. The molecule has 1 aliphatic rings. The number of nitrogens with one attached hydrogen (secondary N) is 1. The second-order valence-corrected chi connectivity index (χ2v) is 7.55. The molecule has 1 aliphatic heterocycles. The summed E-state index contributed by atoms with van der Waals surface area (Å²) in [5.74, 6) is 1.19. The molecule has 29 heavy (non-hydrogen) atoms. The van der Waals surface area contributed by atoms with Crippen LogP contribution in [0.4, 0.5) is 0 Å². The molecular weight excluding hydrogens is 364 g/mol. The van der Waals surface area contributed by atoms with Crippen molar-refractivity contribution in [2.45, 2.75) is 32.2 Å². The standard InChI is InChI=1S/C23H22N4O2/c1-2-15-6-8-16(9-7-15)13-27-14-17(12-21(27)28)22-25-23(29-26-22)19-4-3-5-20-18(19)10-11-24-20/h3-11,17,24H,2,12-14H2,1H3. The Kier molecular flexibility index (Phi) is 4.39. The lowest BCUT2D eigenvalue weighted by Crippen LogP contribution is -2.24. The smallest absolute Gasteiger partial charge is 0.258 e. The summed E-state index contributed by atoms with van der Waals surface area (Å²) >= 11 is 0. The Balaban J connectivity index is 1.33. The van der Waals surface area contributed by atoms with Crippen LogP contribution in [0.1, 0.15) is 36.2 Å². The Labute approximate surface area is 168 Å². The normalized spacial score (nSPS) is 16.8. The molecule has 146 valence electrons. The van der Waals surface area contributed by atoms with Crippen molar-refractivity contribution in [3.63, 3.8) is 0 Å².